The van der Waals surface area contributed by atoms with Crippen LogP contribution in [-0.4, -0.2) is 35.6 Å². The minimum Gasteiger partial charge on any atom is -0.488 e. The fourth-order valence-electron chi connectivity index (χ4n) is 1.14. The van der Waals surface area contributed by atoms with Gasteiger partial charge < -0.3 is 19.7 Å². The van der Waals surface area contributed by atoms with E-state index in [-0.39, 0.29) is 25.4 Å². The van der Waals surface area contributed by atoms with Crippen molar-refractivity contribution in [2.24, 2.45) is 0 Å². The van der Waals surface area contributed by atoms with Crippen molar-refractivity contribution in [1.29, 1.82) is 0 Å². The van der Waals surface area contributed by atoms with Crippen molar-refractivity contribution in [3.05, 3.63) is 24.3 Å². The van der Waals surface area contributed by atoms with Gasteiger partial charge in [0.05, 0.1) is 13.2 Å². The molecule has 2 atom stereocenters. The molecule has 1 rings (SSSR count). The lowest BCUT2D eigenvalue weighted by Crippen LogP contribution is -2.17. The van der Waals surface area contributed by atoms with E-state index in [1.165, 1.54) is 0 Å². The van der Waals surface area contributed by atoms with Crippen LogP contribution >= 0.6 is 0 Å². The number of hydrogen-bond donors (Lipinski definition) is 2. The Balaban J connectivity index is 2.54. The third-order valence-corrected chi connectivity index (χ3v) is 2.01. The Morgan fingerprint density at radius 1 is 0.875 bits per heavy atom. The molecule has 0 amide bonds. The van der Waals surface area contributed by atoms with E-state index < -0.39 is 0 Å². The van der Waals surface area contributed by atoms with Crippen molar-refractivity contribution in [1.82, 2.24) is 0 Å². The minimum absolute atomic E-state index is 0.0141. The van der Waals surface area contributed by atoms with E-state index in [0.29, 0.717) is 11.5 Å². The monoisotopic (exact) mass is 226 g/mol. The second-order valence-corrected chi connectivity index (χ2v) is 3.69. The summed E-state index contributed by atoms with van der Waals surface area (Å²) in [6.07, 6.45) is -0.439. The summed E-state index contributed by atoms with van der Waals surface area (Å²) in [6.45, 7) is 3.55. The van der Waals surface area contributed by atoms with Gasteiger partial charge in [0, 0.05) is 0 Å². The largest absolute Gasteiger partial charge is 0.488 e. The Morgan fingerprint density at radius 2 is 1.19 bits per heavy atom. The van der Waals surface area contributed by atoms with Gasteiger partial charge in [0.25, 0.3) is 0 Å². The summed E-state index contributed by atoms with van der Waals surface area (Å²) in [5.74, 6) is 1.37. The van der Waals surface area contributed by atoms with Crippen LogP contribution in [0.15, 0.2) is 24.3 Å². The quantitative estimate of drug-likeness (QED) is 0.765. The molecule has 0 saturated carbocycles. The van der Waals surface area contributed by atoms with Gasteiger partial charge in [-0.1, -0.05) is 0 Å². The number of hydrogen-bond acceptors (Lipinski definition) is 4. The molecule has 0 heterocycles. The Hall–Kier alpha value is -1.26. The zero-order chi connectivity index (χ0) is 12.0. The highest BCUT2D eigenvalue weighted by molar-refractivity contribution is 5.31. The molecule has 4 heteroatoms. The van der Waals surface area contributed by atoms with Gasteiger partial charge >= 0.3 is 0 Å². The van der Waals surface area contributed by atoms with Gasteiger partial charge in [-0.05, 0) is 38.1 Å². The average molecular weight is 226 g/mol. The molecule has 0 aromatic heterocycles. The van der Waals surface area contributed by atoms with Crippen LogP contribution in [0.5, 0.6) is 11.5 Å². The summed E-state index contributed by atoms with van der Waals surface area (Å²) in [6, 6.07) is 7.08. The highest BCUT2D eigenvalue weighted by Crippen LogP contribution is 2.19. The zero-order valence-corrected chi connectivity index (χ0v) is 9.59. The van der Waals surface area contributed by atoms with Gasteiger partial charge in [0.1, 0.15) is 23.7 Å². The molecule has 0 fully saturated rings. The molecule has 0 aliphatic carbocycles. The molecular weight excluding hydrogens is 208 g/mol. The molecular formula is C12H18O4. The van der Waals surface area contributed by atoms with E-state index in [1.54, 1.807) is 38.1 Å². The fraction of sp³-hybridized carbons (Fsp3) is 0.500. The van der Waals surface area contributed by atoms with Crippen LogP contribution in [0.1, 0.15) is 13.8 Å². The lowest BCUT2D eigenvalue weighted by Gasteiger charge is -2.14. The summed E-state index contributed by atoms with van der Waals surface area (Å²) in [5, 5.41) is 17.6. The van der Waals surface area contributed by atoms with Crippen LogP contribution in [0.25, 0.3) is 0 Å². The number of benzene rings is 1. The van der Waals surface area contributed by atoms with Crippen molar-refractivity contribution in [3.8, 4) is 11.5 Å². The summed E-state index contributed by atoms with van der Waals surface area (Å²) >= 11 is 0. The van der Waals surface area contributed by atoms with Gasteiger partial charge in [0.15, 0.2) is 0 Å². The maximum absolute atomic E-state index is 8.82. The smallest absolute Gasteiger partial charge is 0.120 e. The Morgan fingerprint density at radius 3 is 1.44 bits per heavy atom. The van der Waals surface area contributed by atoms with E-state index in [0.717, 1.165) is 0 Å². The van der Waals surface area contributed by atoms with Crippen molar-refractivity contribution in [3.63, 3.8) is 0 Å². The van der Waals surface area contributed by atoms with Crippen molar-refractivity contribution >= 4 is 0 Å². The SMILES string of the molecule is CC(CO)Oc1ccc(OC(C)CO)cc1. The maximum Gasteiger partial charge on any atom is 0.120 e. The molecule has 1 aromatic carbocycles. The second kappa shape index (κ2) is 6.35. The predicted octanol–water partition coefficient (Wildman–Crippen LogP) is 1.21. The van der Waals surface area contributed by atoms with Gasteiger partial charge in [-0.25, -0.2) is 0 Å². The van der Waals surface area contributed by atoms with E-state index >= 15 is 0 Å². The van der Waals surface area contributed by atoms with Crippen molar-refractivity contribution in [2.45, 2.75) is 26.1 Å². The summed E-state index contributed by atoms with van der Waals surface area (Å²) in [4.78, 5) is 0. The summed E-state index contributed by atoms with van der Waals surface area (Å²) in [7, 11) is 0. The van der Waals surface area contributed by atoms with Crippen LogP contribution in [0.4, 0.5) is 0 Å². The molecule has 1 aromatic rings. The van der Waals surface area contributed by atoms with Gasteiger partial charge in [-0.15, -0.1) is 0 Å². The molecule has 0 radical (unpaired) electrons. The molecule has 0 spiro atoms. The topological polar surface area (TPSA) is 58.9 Å². The van der Waals surface area contributed by atoms with Gasteiger partial charge in [-0.3, -0.25) is 0 Å². The first-order chi connectivity index (χ1) is 7.65. The van der Waals surface area contributed by atoms with Crippen LogP contribution in [0.2, 0.25) is 0 Å². The van der Waals surface area contributed by atoms with Crippen molar-refractivity contribution in [2.75, 3.05) is 13.2 Å². The molecule has 0 aliphatic heterocycles. The molecule has 2 unspecified atom stereocenters. The molecule has 0 bridgehead atoms. The lowest BCUT2D eigenvalue weighted by molar-refractivity contribution is 0.126. The van der Waals surface area contributed by atoms with Gasteiger partial charge in [-0.2, -0.15) is 0 Å². The average Bonchev–Trinajstić information content (AvgIpc) is 2.31. The molecule has 16 heavy (non-hydrogen) atoms. The molecule has 90 valence electrons. The van der Waals surface area contributed by atoms with Gasteiger partial charge in [0.2, 0.25) is 0 Å². The predicted molar refractivity (Wildman–Crippen MR) is 60.8 cm³/mol. The van der Waals surface area contributed by atoms with E-state index in [2.05, 4.69) is 0 Å². The maximum atomic E-state index is 8.82. The number of ether oxygens (including phenoxy) is 2. The molecule has 0 saturated heterocycles. The minimum atomic E-state index is -0.219. The molecule has 0 aliphatic rings. The fourth-order valence-corrected chi connectivity index (χ4v) is 1.14. The highest BCUT2D eigenvalue weighted by Gasteiger charge is 2.04. The number of aliphatic hydroxyl groups is 2. The second-order valence-electron chi connectivity index (χ2n) is 3.69. The van der Waals surface area contributed by atoms with E-state index in [4.69, 9.17) is 19.7 Å². The Kier molecular flexibility index (Phi) is 5.08. The first-order valence-corrected chi connectivity index (χ1v) is 5.30. The summed E-state index contributed by atoms with van der Waals surface area (Å²) in [5.41, 5.74) is 0. The number of aliphatic hydroxyl groups excluding tert-OH is 2. The van der Waals surface area contributed by atoms with Crippen LogP contribution in [0.3, 0.4) is 0 Å². The third-order valence-electron chi connectivity index (χ3n) is 2.01. The third kappa shape index (κ3) is 4.08. The number of rotatable bonds is 6. The van der Waals surface area contributed by atoms with E-state index in [1.807, 2.05) is 0 Å². The first-order valence-electron chi connectivity index (χ1n) is 5.30. The normalized spacial score (nSPS) is 14.2. The molecule has 2 N–H and O–H groups in total. The highest BCUT2D eigenvalue weighted by atomic mass is 16.5. The standard InChI is InChI=1S/C12H18O4/c1-9(7-13)15-11-3-5-12(6-4-11)16-10(2)8-14/h3-6,9-10,13-14H,7-8H2,1-2H3. The lowest BCUT2D eigenvalue weighted by atomic mass is 10.3. The van der Waals surface area contributed by atoms with E-state index in [9.17, 15) is 0 Å². The Bertz CT molecular complexity index is 265. The van der Waals surface area contributed by atoms with Crippen LogP contribution < -0.4 is 9.47 Å². The van der Waals surface area contributed by atoms with Crippen LogP contribution in [-0.2, 0) is 0 Å². The summed E-state index contributed by atoms with van der Waals surface area (Å²) < 4.78 is 10.8. The zero-order valence-electron chi connectivity index (χ0n) is 9.59. The first kappa shape index (κ1) is 12.8. The Labute approximate surface area is 95.4 Å². The molecule has 4 nitrogen and oxygen atoms in total. The van der Waals surface area contributed by atoms with Crippen molar-refractivity contribution < 1.29 is 19.7 Å². The van der Waals surface area contributed by atoms with Crippen LogP contribution in [0, 0.1) is 0 Å².